The van der Waals surface area contributed by atoms with E-state index < -0.39 is 24.0 Å². The van der Waals surface area contributed by atoms with E-state index in [-0.39, 0.29) is 11.9 Å². The molecule has 3 heterocycles. The number of hydrogen-bond acceptors (Lipinski definition) is 7. The molecule has 3 atom stereocenters. The zero-order valence-electron chi connectivity index (χ0n) is 23.3. The van der Waals surface area contributed by atoms with Crippen molar-refractivity contribution >= 4 is 22.7 Å². The van der Waals surface area contributed by atoms with Crippen LogP contribution in [0.3, 0.4) is 0 Å². The van der Waals surface area contributed by atoms with Gasteiger partial charge in [0.15, 0.2) is 0 Å². The monoisotopic (exact) mass is 579 g/mol. The number of halogens is 2. The molecule has 4 aromatic rings. The van der Waals surface area contributed by atoms with Crippen LogP contribution in [-0.2, 0) is 9.53 Å². The molecule has 2 N–H and O–H groups in total. The van der Waals surface area contributed by atoms with Gasteiger partial charge in [0, 0.05) is 42.3 Å². The zero-order chi connectivity index (χ0) is 29.9. The van der Waals surface area contributed by atoms with Gasteiger partial charge in [-0.05, 0) is 55.8 Å². The number of alkyl halides is 2. The average molecular weight is 580 g/mol. The molecule has 220 valence electrons. The number of rotatable bonds is 10. The normalized spacial score (nSPS) is 16.5. The molecule has 1 aliphatic heterocycles. The maximum atomic E-state index is 13.6. The molecule has 1 saturated heterocycles. The van der Waals surface area contributed by atoms with Crippen LogP contribution < -0.4 is 20.1 Å². The van der Waals surface area contributed by atoms with Gasteiger partial charge in [0.25, 0.3) is 11.8 Å². The zero-order valence-corrected chi connectivity index (χ0v) is 23.3. The SMILES string of the molecule is COc1ccc(C(Oc2ccc3c(cnn3-c3cccc(C(=O)NC4CCOC4)c3)c2)C(C)NC(=O)C(C)(F)F)cn1. The van der Waals surface area contributed by atoms with Crippen molar-refractivity contribution in [2.24, 2.45) is 0 Å². The smallest absolute Gasteiger partial charge is 0.321 e. The number of hydrogen-bond donors (Lipinski definition) is 2. The molecule has 1 aliphatic rings. The van der Waals surface area contributed by atoms with Gasteiger partial charge < -0.3 is 24.8 Å². The summed E-state index contributed by atoms with van der Waals surface area (Å²) in [5, 5.41) is 10.6. The van der Waals surface area contributed by atoms with E-state index in [0.717, 1.165) is 17.3 Å². The fraction of sp³-hybridized carbons (Fsp3) is 0.333. The lowest BCUT2D eigenvalue weighted by atomic mass is 10.0. The predicted octanol–water partition coefficient (Wildman–Crippen LogP) is 4.23. The first-order valence-corrected chi connectivity index (χ1v) is 13.4. The summed E-state index contributed by atoms with van der Waals surface area (Å²) in [4.78, 5) is 29.0. The van der Waals surface area contributed by atoms with Crippen LogP contribution in [0.15, 0.2) is 67.0 Å². The lowest BCUT2D eigenvalue weighted by Crippen LogP contribution is -2.46. The Labute approximate surface area is 241 Å². The third-order valence-electron chi connectivity index (χ3n) is 6.93. The number of carbonyl (C=O) groups is 2. The number of amides is 2. The number of fused-ring (bicyclic) bond motifs is 1. The summed E-state index contributed by atoms with van der Waals surface area (Å²) < 4.78 is 45.7. The van der Waals surface area contributed by atoms with Gasteiger partial charge in [0.1, 0.15) is 11.9 Å². The van der Waals surface area contributed by atoms with Crippen molar-refractivity contribution in [3.63, 3.8) is 0 Å². The fourth-order valence-electron chi connectivity index (χ4n) is 4.68. The number of nitrogens with zero attached hydrogens (tertiary/aromatic N) is 3. The van der Waals surface area contributed by atoms with Crippen LogP contribution in [0.2, 0.25) is 0 Å². The first-order valence-electron chi connectivity index (χ1n) is 13.4. The molecule has 0 saturated carbocycles. The maximum absolute atomic E-state index is 13.6. The fourth-order valence-corrected chi connectivity index (χ4v) is 4.68. The molecule has 10 nitrogen and oxygen atoms in total. The summed E-state index contributed by atoms with van der Waals surface area (Å²) >= 11 is 0. The van der Waals surface area contributed by atoms with Crippen molar-refractivity contribution in [1.29, 1.82) is 0 Å². The Morgan fingerprint density at radius 3 is 2.67 bits per heavy atom. The summed E-state index contributed by atoms with van der Waals surface area (Å²) in [6.07, 6.45) is 3.11. The number of carbonyl (C=O) groups excluding carboxylic acids is 2. The topological polar surface area (TPSA) is 117 Å². The summed E-state index contributed by atoms with van der Waals surface area (Å²) in [5.41, 5.74) is 2.53. The maximum Gasteiger partial charge on any atom is 0.321 e. The van der Waals surface area contributed by atoms with Crippen LogP contribution in [0.5, 0.6) is 11.6 Å². The first kappa shape index (κ1) is 28.9. The Hall–Kier alpha value is -4.58. The van der Waals surface area contributed by atoms with Crippen LogP contribution in [0.1, 0.15) is 42.3 Å². The lowest BCUT2D eigenvalue weighted by Gasteiger charge is -2.27. The van der Waals surface area contributed by atoms with E-state index in [9.17, 15) is 18.4 Å². The van der Waals surface area contributed by atoms with Gasteiger partial charge >= 0.3 is 5.92 Å². The van der Waals surface area contributed by atoms with Gasteiger partial charge in [0.05, 0.1) is 43.2 Å². The number of ether oxygens (including phenoxy) is 3. The number of nitrogens with one attached hydrogen (secondary N) is 2. The van der Waals surface area contributed by atoms with Crippen molar-refractivity contribution in [2.75, 3.05) is 20.3 Å². The van der Waals surface area contributed by atoms with Gasteiger partial charge in [0.2, 0.25) is 5.88 Å². The molecule has 2 aromatic carbocycles. The third kappa shape index (κ3) is 6.49. The Morgan fingerprint density at radius 1 is 1.14 bits per heavy atom. The molecular formula is C30H31F2N5O5. The van der Waals surface area contributed by atoms with Crippen molar-refractivity contribution in [1.82, 2.24) is 25.4 Å². The predicted molar refractivity (Wildman–Crippen MR) is 150 cm³/mol. The van der Waals surface area contributed by atoms with Crippen LogP contribution >= 0.6 is 0 Å². The molecule has 42 heavy (non-hydrogen) atoms. The largest absolute Gasteiger partial charge is 0.484 e. The number of pyridine rings is 1. The van der Waals surface area contributed by atoms with Crippen molar-refractivity contribution in [3.8, 4) is 17.3 Å². The molecule has 1 fully saturated rings. The standard InChI is InChI=1S/C30H31F2N5O5/c1-18(35-29(39)30(2,31)32)27(20-7-10-26(40-3)33-15-20)42-24-8-9-25-21(14-24)16-34-37(25)23-6-4-5-19(13-23)28(38)36-22-11-12-41-17-22/h4-10,13-16,18,22,27H,11-12,17H2,1-3H3,(H,35,39)(H,36,38). The van der Waals surface area contributed by atoms with E-state index in [0.29, 0.717) is 48.6 Å². The Morgan fingerprint density at radius 2 is 1.98 bits per heavy atom. The van der Waals surface area contributed by atoms with Gasteiger partial charge in [-0.1, -0.05) is 6.07 Å². The lowest BCUT2D eigenvalue weighted by molar-refractivity contribution is -0.144. The third-order valence-corrected chi connectivity index (χ3v) is 6.93. The molecule has 0 spiro atoms. The Kier molecular flexibility index (Phi) is 8.34. The Bertz CT molecular complexity index is 1560. The van der Waals surface area contributed by atoms with E-state index in [1.807, 2.05) is 12.1 Å². The van der Waals surface area contributed by atoms with Crippen molar-refractivity contribution < 1.29 is 32.6 Å². The first-order chi connectivity index (χ1) is 20.1. The van der Waals surface area contributed by atoms with Crippen molar-refractivity contribution in [2.45, 2.75) is 44.4 Å². The van der Waals surface area contributed by atoms with Crippen LogP contribution in [0.4, 0.5) is 8.78 Å². The second-order valence-corrected chi connectivity index (χ2v) is 10.2. The molecule has 3 unspecified atom stereocenters. The molecule has 5 rings (SSSR count). The highest BCUT2D eigenvalue weighted by Gasteiger charge is 2.35. The van der Waals surface area contributed by atoms with Crippen molar-refractivity contribution in [3.05, 3.63) is 78.1 Å². The minimum atomic E-state index is -3.55. The summed E-state index contributed by atoms with van der Waals surface area (Å²) in [7, 11) is 1.48. The second kappa shape index (κ2) is 12.1. The number of aromatic nitrogens is 3. The molecule has 0 aliphatic carbocycles. The summed E-state index contributed by atoms with van der Waals surface area (Å²) in [6.45, 7) is 3.26. The van der Waals surface area contributed by atoms with Crippen LogP contribution in [-0.4, -0.2) is 64.9 Å². The van der Waals surface area contributed by atoms with E-state index >= 15 is 0 Å². The highest BCUT2D eigenvalue weighted by atomic mass is 19.3. The van der Waals surface area contributed by atoms with E-state index in [1.54, 1.807) is 60.3 Å². The molecule has 12 heteroatoms. The molecule has 2 aromatic heterocycles. The minimum Gasteiger partial charge on any atom is -0.484 e. The quantitative estimate of drug-likeness (QED) is 0.289. The highest BCUT2D eigenvalue weighted by molar-refractivity contribution is 5.95. The highest BCUT2D eigenvalue weighted by Crippen LogP contribution is 2.30. The number of benzene rings is 2. The molecule has 0 bridgehead atoms. The minimum absolute atomic E-state index is 0.00265. The van der Waals surface area contributed by atoms with E-state index in [1.165, 1.54) is 13.3 Å². The average Bonchev–Trinajstić information content (AvgIpc) is 3.65. The molecule has 0 radical (unpaired) electrons. The van der Waals surface area contributed by atoms with Crippen LogP contribution in [0, 0.1) is 0 Å². The van der Waals surface area contributed by atoms with Gasteiger partial charge in [-0.2, -0.15) is 13.9 Å². The van der Waals surface area contributed by atoms with Gasteiger partial charge in [-0.3, -0.25) is 9.59 Å². The number of methoxy groups -OCH3 is 1. The van der Waals surface area contributed by atoms with Gasteiger partial charge in [-0.25, -0.2) is 9.67 Å². The Balaban J connectivity index is 1.39. The summed E-state index contributed by atoms with van der Waals surface area (Å²) in [6, 6.07) is 15.0. The van der Waals surface area contributed by atoms with E-state index in [4.69, 9.17) is 14.2 Å². The van der Waals surface area contributed by atoms with E-state index in [2.05, 4.69) is 20.7 Å². The van der Waals surface area contributed by atoms with Gasteiger partial charge in [-0.15, -0.1) is 0 Å². The molecule has 2 amide bonds. The second-order valence-electron chi connectivity index (χ2n) is 10.2. The van der Waals surface area contributed by atoms with Crippen LogP contribution in [0.25, 0.3) is 16.6 Å². The molecular weight excluding hydrogens is 548 g/mol. The summed E-state index contributed by atoms with van der Waals surface area (Å²) in [5.74, 6) is -4.33.